The molecule has 1 aliphatic rings. The van der Waals surface area contributed by atoms with Crippen LogP contribution < -0.4 is 4.74 Å². The lowest BCUT2D eigenvalue weighted by Gasteiger charge is -2.32. The number of ether oxygens (including phenoxy) is 1. The van der Waals surface area contributed by atoms with Crippen molar-refractivity contribution in [1.29, 1.82) is 0 Å². The Morgan fingerprint density at radius 2 is 1.95 bits per heavy atom. The maximum Gasteiger partial charge on any atom is 0.139 e. The average Bonchev–Trinajstić information content (AvgIpc) is 2.73. The molecule has 0 amide bonds. The smallest absolute Gasteiger partial charge is 0.139 e. The SMILES string of the molecule is Cc1cc(O)c2[nH]c3cc4c(cc3c2c1)CCC(C)(C)O4. The highest BCUT2D eigenvalue weighted by molar-refractivity contribution is 6.10. The van der Waals surface area contributed by atoms with E-state index in [2.05, 4.69) is 37.0 Å². The summed E-state index contributed by atoms with van der Waals surface area (Å²) in [4.78, 5) is 3.32. The van der Waals surface area contributed by atoms with Crippen molar-refractivity contribution in [3.63, 3.8) is 0 Å². The fraction of sp³-hybridized carbons (Fsp3) is 0.333. The molecule has 2 heterocycles. The van der Waals surface area contributed by atoms with Crippen LogP contribution in [-0.4, -0.2) is 15.7 Å². The zero-order valence-corrected chi connectivity index (χ0v) is 12.6. The second-order valence-electron chi connectivity index (χ2n) is 6.70. The summed E-state index contributed by atoms with van der Waals surface area (Å²) in [5.41, 5.74) is 4.03. The number of aryl methyl sites for hydroxylation is 2. The minimum Gasteiger partial charge on any atom is -0.506 e. The van der Waals surface area contributed by atoms with E-state index >= 15 is 0 Å². The predicted octanol–water partition coefficient (Wildman–Crippen LogP) is 4.44. The molecule has 2 N–H and O–H groups in total. The fourth-order valence-corrected chi connectivity index (χ4v) is 3.27. The third kappa shape index (κ3) is 1.88. The first-order chi connectivity index (χ1) is 9.93. The Labute approximate surface area is 123 Å². The van der Waals surface area contributed by atoms with Gasteiger partial charge in [-0.25, -0.2) is 0 Å². The molecule has 3 nitrogen and oxygen atoms in total. The highest BCUT2D eigenvalue weighted by atomic mass is 16.5. The number of fused-ring (bicyclic) bond motifs is 4. The summed E-state index contributed by atoms with van der Waals surface area (Å²) >= 11 is 0. The molecule has 108 valence electrons. The minimum absolute atomic E-state index is 0.106. The summed E-state index contributed by atoms with van der Waals surface area (Å²) < 4.78 is 6.09. The summed E-state index contributed by atoms with van der Waals surface area (Å²) in [6.45, 7) is 6.25. The van der Waals surface area contributed by atoms with Gasteiger partial charge in [-0.15, -0.1) is 0 Å². The largest absolute Gasteiger partial charge is 0.506 e. The van der Waals surface area contributed by atoms with Gasteiger partial charge in [0.05, 0.1) is 11.0 Å². The average molecular weight is 281 g/mol. The van der Waals surface area contributed by atoms with E-state index in [1.807, 2.05) is 6.92 Å². The Balaban J connectivity index is 2.02. The van der Waals surface area contributed by atoms with Crippen molar-refractivity contribution >= 4 is 21.8 Å². The van der Waals surface area contributed by atoms with Gasteiger partial charge in [0, 0.05) is 16.8 Å². The molecule has 1 aliphatic heterocycles. The molecule has 4 rings (SSSR count). The predicted molar refractivity (Wildman–Crippen MR) is 85.2 cm³/mol. The number of phenols is 1. The number of phenolic OH excluding ortho intramolecular Hbond substituents is 1. The van der Waals surface area contributed by atoms with Crippen LogP contribution in [-0.2, 0) is 6.42 Å². The van der Waals surface area contributed by atoms with Gasteiger partial charge in [-0.2, -0.15) is 0 Å². The normalized spacial score (nSPS) is 16.9. The topological polar surface area (TPSA) is 45.2 Å². The number of H-pyrrole nitrogens is 1. The van der Waals surface area contributed by atoms with Crippen LogP contribution in [0.3, 0.4) is 0 Å². The van der Waals surface area contributed by atoms with Gasteiger partial charge in [-0.05, 0) is 62.9 Å². The van der Waals surface area contributed by atoms with Crippen molar-refractivity contribution in [3.05, 3.63) is 35.4 Å². The van der Waals surface area contributed by atoms with E-state index in [1.165, 1.54) is 5.56 Å². The molecule has 0 radical (unpaired) electrons. The second kappa shape index (κ2) is 3.94. The molecule has 21 heavy (non-hydrogen) atoms. The van der Waals surface area contributed by atoms with Crippen LogP contribution in [0.15, 0.2) is 24.3 Å². The third-order valence-corrected chi connectivity index (χ3v) is 4.40. The highest BCUT2D eigenvalue weighted by Crippen LogP contribution is 2.39. The van der Waals surface area contributed by atoms with E-state index in [4.69, 9.17) is 4.74 Å². The maximum atomic E-state index is 10.1. The Morgan fingerprint density at radius 3 is 2.76 bits per heavy atom. The van der Waals surface area contributed by atoms with Crippen LogP contribution in [0.5, 0.6) is 11.5 Å². The van der Waals surface area contributed by atoms with E-state index in [0.29, 0.717) is 5.75 Å². The van der Waals surface area contributed by atoms with E-state index in [0.717, 1.165) is 46.0 Å². The van der Waals surface area contributed by atoms with Crippen LogP contribution in [0, 0.1) is 6.92 Å². The summed E-state index contributed by atoms with van der Waals surface area (Å²) in [6, 6.07) is 8.18. The Hall–Kier alpha value is -2.16. The van der Waals surface area contributed by atoms with Crippen LogP contribution >= 0.6 is 0 Å². The molecule has 0 spiro atoms. The van der Waals surface area contributed by atoms with Gasteiger partial charge in [-0.3, -0.25) is 0 Å². The molecule has 0 saturated heterocycles. The van der Waals surface area contributed by atoms with Crippen molar-refractivity contribution in [3.8, 4) is 11.5 Å². The van der Waals surface area contributed by atoms with E-state index < -0.39 is 0 Å². The Morgan fingerprint density at radius 1 is 1.14 bits per heavy atom. The number of rotatable bonds is 0. The van der Waals surface area contributed by atoms with E-state index in [1.54, 1.807) is 6.07 Å². The van der Waals surface area contributed by atoms with Gasteiger partial charge < -0.3 is 14.8 Å². The standard InChI is InChI=1S/C18H19NO2/c1-10-6-13-12-8-11-4-5-18(2,3)21-16(11)9-14(12)19-17(13)15(20)7-10/h6-9,19-20H,4-5H2,1-3H3. The van der Waals surface area contributed by atoms with Gasteiger partial charge in [0.2, 0.25) is 0 Å². The lowest BCUT2D eigenvalue weighted by molar-refractivity contribution is 0.0849. The second-order valence-corrected chi connectivity index (χ2v) is 6.70. The zero-order valence-electron chi connectivity index (χ0n) is 12.6. The number of aromatic hydroxyl groups is 1. The van der Waals surface area contributed by atoms with Gasteiger partial charge in [0.25, 0.3) is 0 Å². The van der Waals surface area contributed by atoms with Gasteiger partial charge in [-0.1, -0.05) is 0 Å². The monoisotopic (exact) mass is 281 g/mol. The number of hydrogen-bond acceptors (Lipinski definition) is 2. The van der Waals surface area contributed by atoms with E-state index in [-0.39, 0.29) is 5.60 Å². The first kappa shape index (κ1) is 12.6. The van der Waals surface area contributed by atoms with Gasteiger partial charge in [0.1, 0.15) is 17.1 Å². The molecular formula is C18H19NO2. The number of benzene rings is 2. The van der Waals surface area contributed by atoms with E-state index in [9.17, 15) is 5.11 Å². The summed E-state index contributed by atoms with van der Waals surface area (Å²) in [7, 11) is 0. The molecule has 2 aromatic carbocycles. The number of aromatic nitrogens is 1. The van der Waals surface area contributed by atoms with Crippen molar-refractivity contribution in [2.75, 3.05) is 0 Å². The molecule has 0 saturated carbocycles. The van der Waals surface area contributed by atoms with Crippen LogP contribution in [0.1, 0.15) is 31.4 Å². The molecular weight excluding hydrogens is 262 g/mol. The minimum atomic E-state index is -0.106. The Kier molecular flexibility index (Phi) is 2.36. The number of nitrogens with one attached hydrogen (secondary N) is 1. The molecule has 3 heteroatoms. The fourth-order valence-electron chi connectivity index (χ4n) is 3.27. The molecule has 0 atom stereocenters. The molecule has 3 aromatic rings. The first-order valence-corrected chi connectivity index (χ1v) is 7.40. The van der Waals surface area contributed by atoms with Crippen molar-refractivity contribution in [1.82, 2.24) is 4.98 Å². The molecule has 0 unspecified atom stereocenters. The Bertz CT molecular complexity index is 874. The lowest BCUT2D eigenvalue weighted by atomic mass is 9.93. The highest BCUT2D eigenvalue weighted by Gasteiger charge is 2.27. The van der Waals surface area contributed by atoms with Crippen molar-refractivity contribution < 1.29 is 9.84 Å². The summed E-state index contributed by atoms with van der Waals surface area (Å²) in [5.74, 6) is 1.27. The summed E-state index contributed by atoms with van der Waals surface area (Å²) in [6.07, 6.45) is 2.06. The molecule has 0 aliphatic carbocycles. The number of aromatic amines is 1. The molecule has 0 fully saturated rings. The summed E-state index contributed by atoms with van der Waals surface area (Å²) in [5, 5.41) is 12.4. The number of hydrogen-bond donors (Lipinski definition) is 2. The zero-order chi connectivity index (χ0) is 14.8. The maximum absolute atomic E-state index is 10.1. The molecule has 0 bridgehead atoms. The third-order valence-electron chi connectivity index (χ3n) is 4.40. The van der Waals surface area contributed by atoms with Crippen LogP contribution in [0.4, 0.5) is 0 Å². The van der Waals surface area contributed by atoms with Crippen molar-refractivity contribution in [2.45, 2.75) is 39.2 Å². The lowest BCUT2D eigenvalue weighted by Crippen LogP contribution is -2.32. The molecule has 1 aromatic heterocycles. The first-order valence-electron chi connectivity index (χ1n) is 7.40. The van der Waals surface area contributed by atoms with Crippen LogP contribution in [0.25, 0.3) is 21.8 Å². The quantitative estimate of drug-likeness (QED) is 0.640. The van der Waals surface area contributed by atoms with Crippen molar-refractivity contribution in [2.24, 2.45) is 0 Å². The van der Waals surface area contributed by atoms with Gasteiger partial charge >= 0.3 is 0 Å². The van der Waals surface area contributed by atoms with Crippen LogP contribution in [0.2, 0.25) is 0 Å². The van der Waals surface area contributed by atoms with Gasteiger partial charge in [0.15, 0.2) is 0 Å².